The van der Waals surface area contributed by atoms with Gasteiger partial charge in [-0.3, -0.25) is 9.59 Å². The highest BCUT2D eigenvalue weighted by Crippen LogP contribution is 2.44. The van der Waals surface area contributed by atoms with Gasteiger partial charge in [0.2, 0.25) is 11.8 Å². The molecule has 2 amide bonds. The predicted molar refractivity (Wildman–Crippen MR) is 207 cm³/mol. The van der Waals surface area contributed by atoms with E-state index in [1.54, 1.807) is 0 Å². The van der Waals surface area contributed by atoms with Crippen LogP contribution in [-0.4, -0.2) is 33.2 Å². The Morgan fingerprint density at radius 2 is 0.922 bits per heavy atom. The number of carbonyl (C=O) groups is 2. The third kappa shape index (κ3) is 7.73. The lowest BCUT2D eigenvalue weighted by molar-refractivity contribution is -0.149. The summed E-state index contributed by atoms with van der Waals surface area (Å²) in [6, 6.07) is 27.0. The summed E-state index contributed by atoms with van der Waals surface area (Å²) in [7, 11) is 0. The lowest BCUT2D eigenvalue weighted by Crippen LogP contribution is -2.57. The molecule has 6 rings (SSSR count). The summed E-state index contributed by atoms with van der Waals surface area (Å²) in [5, 5.41) is 35.9. The van der Waals surface area contributed by atoms with Crippen molar-refractivity contribution in [1.82, 2.24) is 10.6 Å². The van der Waals surface area contributed by atoms with Gasteiger partial charge < -0.3 is 20.8 Å². The van der Waals surface area contributed by atoms with Gasteiger partial charge in [0.05, 0.1) is 23.3 Å². The molecular formula is C45H58N2O4. The highest BCUT2D eigenvalue weighted by Gasteiger charge is 2.50. The third-order valence-corrected chi connectivity index (χ3v) is 12.1. The quantitative estimate of drug-likeness (QED) is 0.0879. The first-order valence-corrected chi connectivity index (χ1v) is 19.8. The van der Waals surface area contributed by atoms with Crippen LogP contribution in [0.25, 0.3) is 21.5 Å². The summed E-state index contributed by atoms with van der Waals surface area (Å²) in [6.45, 7) is 4.04. The smallest absolute Gasteiger partial charge is 0.236 e. The summed E-state index contributed by atoms with van der Waals surface area (Å²) >= 11 is 0. The number of fused-ring (bicyclic) bond motifs is 2. The molecule has 6 nitrogen and oxygen atoms in total. The SMILES string of the molecule is CCCC(CCC)(C(=O)N[C@@H](c1cccc2ccccc12)C1(O)CCCCCC1)C(=O)N[C@@H](c1cccc2ccccc12)C1(O)CCCCCC1. The van der Waals surface area contributed by atoms with Gasteiger partial charge in [-0.1, -0.05) is 163 Å². The third-order valence-electron chi connectivity index (χ3n) is 12.1. The molecule has 0 spiro atoms. The van der Waals surface area contributed by atoms with Gasteiger partial charge in [-0.25, -0.2) is 0 Å². The van der Waals surface area contributed by atoms with Crippen LogP contribution in [0.2, 0.25) is 0 Å². The van der Waals surface area contributed by atoms with Crippen LogP contribution in [-0.2, 0) is 9.59 Å². The molecule has 0 heterocycles. The van der Waals surface area contributed by atoms with Crippen molar-refractivity contribution in [2.24, 2.45) is 5.41 Å². The first-order valence-electron chi connectivity index (χ1n) is 19.8. The van der Waals surface area contributed by atoms with E-state index in [0.29, 0.717) is 51.4 Å². The molecule has 0 saturated heterocycles. The van der Waals surface area contributed by atoms with Crippen molar-refractivity contribution in [1.29, 1.82) is 0 Å². The number of hydrogen-bond donors (Lipinski definition) is 4. The number of carbonyl (C=O) groups excluding carboxylic acids is 2. The number of benzene rings is 4. The van der Waals surface area contributed by atoms with E-state index in [4.69, 9.17) is 0 Å². The summed E-state index contributed by atoms with van der Waals surface area (Å²) in [6.07, 6.45) is 12.0. The Balaban J connectivity index is 1.43. The highest BCUT2D eigenvalue weighted by atomic mass is 16.3. The molecule has 4 N–H and O–H groups in total. The average molecular weight is 691 g/mol. The minimum Gasteiger partial charge on any atom is -0.387 e. The second-order valence-electron chi connectivity index (χ2n) is 15.6. The van der Waals surface area contributed by atoms with E-state index in [0.717, 1.165) is 84.0 Å². The molecule has 2 saturated carbocycles. The van der Waals surface area contributed by atoms with E-state index in [2.05, 4.69) is 47.0 Å². The topological polar surface area (TPSA) is 98.7 Å². The van der Waals surface area contributed by atoms with E-state index >= 15 is 9.59 Å². The van der Waals surface area contributed by atoms with Gasteiger partial charge in [-0.05, 0) is 71.2 Å². The van der Waals surface area contributed by atoms with Gasteiger partial charge in [0.15, 0.2) is 0 Å². The Morgan fingerprint density at radius 3 is 1.29 bits per heavy atom. The molecule has 272 valence electrons. The fourth-order valence-corrected chi connectivity index (χ4v) is 9.34. The molecule has 2 aliphatic rings. The Labute approximate surface area is 304 Å². The van der Waals surface area contributed by atoms with Crippen LogP contribution in [0, 0.1) is 5.41 Å². The average Bonchev–Trinajstić information content (AvgIpc) is 3.52. The van der Waals surface area contributed by atoms with Crippen molar-refractivity contribution in [3.8, 4) is 0 Å². The van der Waals surface area contributed by atoms with E-state index < -0.39 is 28.7 Å². The summed E-state index contributed by atoms with van der Waals surface area (Å²) < 4.78 is 0. The molecule has 0 radical (unpaired) electrons. The van der Waals surface area contributed by atoms with E-state index in [1.807, 2.05) is 62.4 Å². The minimum absolute atomic E-state index is 0.344. The molecule has 2 fully saturated rings. The van der Waals surface area contributed by atoms with Gasteiger partial charge in [-0.2, -0.15) is 0 Å². The lowest BCUT2D eigenvalue weighted by atomic mass is 9.74. The molecule has 4 aromatic rings. The number of rotatable bonds is 12. The highest BCUT2D eigenvalue weighted by molar-refractivity contribution is 6.05. The number of amides is 2. The number of aliphatic hydroxyl groups is 2. The van der Waals surface area contributed by atoms with Crippen LogP contribution >= 0.6 is 0 Å². The van der Waals surface area contributed by atoms with Crippen molar-refractivity contribution >= 4 is 33.4 Å². The maximum absolute atomic E-state index is 15.2. The Bertz CT molecular complexity index is 1640. The molecule has 0 bridgehead atoms. The van der Waals surface area contributed by atoms with Crippen molar-refractivity contribution in [2.45, 2.75) is 140 Å². The fourth-order valence-electron chi connectivity index (χ4n) is 9.34. The maximum Gasteiger partial charge on any atom is 0.236 e. The molecule has 51 heavy (non-hydrogen) atoms. The Kier molecular flexibility index (Phi) is 11.8. The zero-order chi connectivity index (χ0) is 35.9. The molecule has 6 heteroatoms. The van der Waals surface area contributed by atoms with Crippen LogP contribution in [0.15, 0.2) is 84.9 Å². The summed E-state index contributed by atoms with van der Waals surface area (Å²) in [4.78, 5) is 30.3. The summed E-state index contributed by atoms with van der Waals surface area (Å²) in [5.74, 6) is -0.687. The van der Waals surface area contributed by atoms with Crippen molar-refractivity contribution < 1.29 is 19.8 Å². The molecule has 2 atom stereocenters. The lowest BCUT2D eigenvalue weighted by Gasteiger charge is -2.42. The Hall–Kier alpha value is -3.74. The van der Waals surface area contributed by atoms with Crippen LogP contribution in [0.1, 0.15) is 140 Å². The van der Waals surface area contributed by atoms with Crippen molar-refractivity contribution in [2.75, 3.05) is 0 Å². The van der Waals surface area contributed by atoms with Gasteiger partial charge in [0, 0.05) is 0 Å². The fraction of sp³-hybridized carbons (Fsp3) is 0.511. The first kappa shape index (κ1) is 37.0. The predicted octanol–water partition coefficient (Wildman–Crippen LogP) is 9.76. The largest absolute Gasteiger partial charge is 0.387 e. The van der Waals surface area contributed by atoms with Gasteiger partial charge >= 0.3 is 0 Å². The number of nitrogens with one attached hydrogen (secondary N) is 2. The molecular weight excluding hydrogens is 633 g/mol. The monoisotopic (exact) mass is 690 g/mol. The normalized spacial score (nSPS) is 19.1. The van der Waals surface area contributed by atoms with E-state index in [1.165, 1.54) is 0 Å². The maximum atomic E-state index is 15.2. The second-order valence-corrected chi connectivity index (χ2v) is 15.6. The molecule has 0 aliphatic heterocycles. The summed E-state index contributed by atoms with van der Waals surface area (Å²) in [5.41, 5.74) is -1.93. The van der Waals surface area contributed by atoms with Crippen molar-refractivity contribution in [3.63, 3.8) is 0 Å². The molecule has 2 aliphatic carbocycles. The Morgan fingerprint density at radius 1 is 0.569 bits per heavy atom. The van der Waals surface area contributed by atoms with Crippen molar-refractivity contribution in [3.05, 3.63) is 96.1 Å². The van der Waals surface area contributed by atoms with E-state index in [9.17, 15) is 10.2 Å². The van der Waals surface area contributed by atoms with Crippen LogP contribution in [0.3, 0.4) is 0 Å². The van der Waals surface area contributed by atoms with Crippen LogP contribution in [0.4, 0.5) is 0 Å². The zero-order valence-electron chi connectivity index (χ0n) is 30.8. The second kappa shape index (κ2) is 16.3. The molecule has 0 unspecified atom stereocenters. The van der Waals surface area contributed by atoms with Crippen LogP contribution in [0.5, 0.6) is 0 Å². The van der Waals surface area contributed by atoms with Gasteiger partial charge in [0.1, 0.15) is 5.41 Å². The number of hydrogen-bond acceptors (Lipinski definition) is 4. The van der Waals surface area contributed by atoms with Crippen LogP contribution < -0.4 is 10.6 Å². The van der Waals surface area contributed by atoms with Gasteiger partial charge in [0.25, 0.3) is 0 Å². The standard InChI is InChI=1S/C45H58N2O4/c1-3-27-43(28-4-2,41(48)46-39(44(50)29-13-5-6-14-30-44)37-25-17-21-33-19-9-11-23-35(33)37)42(49)47-40(45(51)31-15-7-8-16-32-45)38-26-18-22-34-20-10-12-24-36(34)38/h9-12,17-26,39-40,50-51H,3-8,13-16,27-32H2,1-2H3,(H,46,48)(H,47,49)/t39-,40-/m0/s1. The van der Waals surface area contributed by atoms with Gasteiger partial charge in [-0.15, -0.1) is 0 Å². The first-order chi connectivity index (χ1) is 24.7. The molecule has 4 aromatic carbocycles. The van der Waals surface area contributed by atoms with E-state index in [-0.39, 0.29) is 11.8 Å². The zero-order valence-corrected chi connectivity index (χ0v) is 30.8. The minimum atomic E-state index is -1.39. The molecule has 0 aromatic heterocycles.